The van der Waals surface area contributed by atoms with Crippen molar-refractivity contribution in [2.75, 3.05) is 7.05 Å². The molecule has 2 heterocycles. The number of hydrogen-bond acceptors (Lipinski definition) is 5. The Morgan fingerprint density at radius 2 is 1.86 bits per heavy atom. The highest BCUT2D eigenvalue weighted by molar-refractivity contribution is 7.90. The van der Waals surface area contributed by atoms with Gasteiger partial charge in [0.2, 0.25) is 6.29 Å². The van der Waals surface area contributed by atoms with E-state index in [0.717, 1.165) is 9.54 Å². The third kappa shape index (κ3) is 3.14. The van der Waals surface area contributed by atoms with Gasteiger partial charge >= 0.3 is 0 Å². The molecule has 146 valence electrons. The van der Waals surface area contributed by atoms with Gasteiger partial charge in [-0.05, 0) is 42.9 Å². The first-order chi connectivity index (χ1) is 13.4. The molecule has 1 N–H and O–H groups in total. The monoisotopic (exact) mass is 402 g/mol. The fourth-order valence-electron chi connectivity index (χ4n) is 3.20. The van der Waals surface area contributed by atoms with Gasteiger partial charge in [0.15, 0.2) is 11.5 Å². The summed E-state index contributed by atoms with van der Waals surface area (Å²) in [6.07, 6.45) is 1.02. The van der Waals surface area contributed by atoms with Crippen molar-refractivity contribution in [3.05, 3.63) is 66.1 Å². The molecule has 1 aromatic heterocycles. The van der Waals surface area contributed by atoms with Crippen molar-refractivity contribution in [2.24, 2.45) is 0 Å². The van der Waals surface area contributed by atoms with E-state index in [-0.39, 0.29) is 16.2 Å². The van der Waals surface area contributed by atoms with E-state index in [4.69, 9.17) is 9.47 Å². The van der Waals surface area contributed by atoms with E-state index in [0.29, 0.717) is 18.0 Å². The lowest BCUT2D eigenvalue weighted by Gasteiger charge is -2.11. The van der Waals surface area contributed by atoms with Crippen molar-refractivity contribution in [3.8, 4) is 22.8 Å². The number of nitrogens with one attached hydrogen (secondary N) is 1. The highest BCUT2D eigenvalue weighted by Crippen LogP contribution is 2.37. The Morgan fingerprint density at radius 1 is 1.11 bits per heavy atom. The van der Waals surface area contributed by atoms with Crippen molar-refractivity contribution >= 4 is 10.0 Å². The van der Waals surface area contributed by atoms with Gasteiger partial charge in [0.25, 0.3) is 10.0 Å². The number of aromatic nitrogens is 1. The molecular weight excluding hydrogens is 383 g/mol. The molecule has 28 heavy (non-hydrogen) atoms. The Bertz CT molecular complexity index is 1140. The smallest absolute Gasteiger partial charge is 0.268 e. The predicted molar refractivity (Wildman–Crippen MR) is 102 cm³/mol. The van der Waals surface area contributed by atoms with Gasteiger partial charge in [-0.2, -0.15) is 0 Å². The molecule has 8 heteroatoms. The molecular formula is C20H19FN2O4S. The largest absolute Gasteiger partial charge is 0.451 e. The van der Waals surface area contributed by atoms with E-state index < -0.39 is 22.1 Å². The lowest BCUT2D eigenvalue weighted by molar-refractivity contribution is 0.0678. The minimum absolute atomic E-state index is 0.0353. The van der Waals surface area contributed by atoms with Gasteiger partial charge in [0.1, 0.15) is 5.82 Å². The van der Waals surface area contributed by atoms with Crippen molar-refractivity contribution in [2.45, 2.75) is 24.7 Å². The van der Waals surface area contributed by atoms with E-state index in [1.807, 2.05) is 0 Å². The van der Waals surface area contributed by atoms with Gasteiger partial charge in [0, 0.05) is 31.3 Å². The third-order valence-corrected chi connectivity index (χ3v) is 6.10. The summed E-state index contributed by atoms with van der Waals surface area (Å²) in [5, 5.41) is 2.98. The first-order valence-corrected chi connectivity index (χ1v) is 10.2. The molecule has 2 aromatic carbocycles. The van der Waals surface area contributed by atoms with Crippen LogP contribution in [0.3, 0.4) is 0 Å². The van der Waals surface area contributed by atoms with Crippen molar-refractivity contribution < 1.29 is 22.3 Å². The van der Waals surface area contributed by atoms with Crippen molar-refractivity contribution in [1.29, 1.82) is 0 Å². The van der Waals surface area contributed by atoms with Gasteiger partial charge in [-0.1, -0.05) is 12.1 Å². The summed E-state index contributed by atoms with van der Waals surface area (Å²) in [7, 11) is -2.23. The summed E-state index contributed by atoms with van der Waals surface area (Å²) in [6.45, 7) is 2.17. The Hall–Kier alpha value is -2.84. The minimum Gasteiger partial charge on any atom is -0.451 e. The van der Waals surface area contributed by atoms with E-state index in [9.17, 15) is 12.8 Å². The quantitative estimate of drug-likeness (QED) is 0.709. The van der Waals surface area contributed by atoms with Crippen LogP contribution in [0, 0.1) is 5.82 Å². The summed E-state index contributed by atoms with van der Waals surface area (Å²) in [5.41, 5.74) is 1.19. The van der Waals surface area contributed by atoms with E-state index in [1.165, 1.54) is 24.4 Å². The van der Waals surface area contributed by atoms with Crippen LogP contribution in [0.25, 0.3) is 11.3 Å². The number of nitrogens with zero attached hydrogens (tertiary/aromatic N) is 1. The second-order valence-electron chi connectivity index (χ2n) is 6.46. The predicted octanol–water partition coefficient (Wildman–Crippen LogP) is 3.37. The molecule has 1 aliphatic rings. The summed E-state index contributed by atoms with van der Waals surface area (Å²) in [4.78, 5) is 0.0353. The lowest BCUT2D eigenvalue weighted by Crippen LogP contribution is -2.14. The number of fused-ring (bicyclic) bond motifs is 1. The van der Waals surface area contributed by atoms with Crippen LogP contribution in [0.15, 0.2) is 59.6 Å². The molecule has 0 fully saturated rings. The second kappa shape index (κ2) is 6.96. The van der Waals surface area contributed by atoms with Gasteiger partial charge < -0.3 is 14.8 Å². The molecule has 0 amide bonds. The Morgan fingerprint density at radius 3 is 2.61 bits per heavy atom. The van der Waals surface area contributed by atoms with Crippen LogP contribution in [0.2, 0.25) is 0 Å². The lowest BCUT2D eigenvalue weighted by atomic mass is 10.1. The van der Waals surface area contributed by atoms with Crippen LogP contribution in [0.4, 0.5) is 4.39 Å². The van der Waals surface area contributed by atoms with Crippen LogP contribution in [0.1, 0.15) is 12.5 Å². The van der Waals surface area contributed by atoms with Gasteiger partial charge in [-0.3, -0.25) is 0 Å². The van der Waals surface area contributed by atoms with Crippen LogP contribution in [-0.2, 0) is 16.6 Å². The fourth-order valence-corrected chi connectivity index (χ4v) is 4.60. The summed E-state index contributed by atoms with van der Waals surface area (Å²) in [5.74, 6) is 0.361. The van der Waals surface area contributed by atoms with Gasteiger partial charge in [0.05, 0.1) is 10.6 Å². The van der Waals surface area contributed by atoms with Crippen LogP contribution >= 0.6 is 0 Å². The zero-order valence-electron chi connectivity index (χ0n) is 15.3. The molecule has 0 saturated carbocycles. The standard InChI is InChI=1S/C20H19FN2O4S/c1-13-26-19-8-7-15(10-20(19)27-13)28(24,25)23-12-14(11-22-2)9-18(23)16-5-3-4-6-17(16)21/h3-10,12-13,22H,11H2,1-2H3. The zero-order chi connectivity index (χ0) is 19.9. The molecule has 3 aromatic rings. The fraction of sp³-hybridized carbons (Fsp3) is 0.200. The third-order valence-electron chi connectivity index (χ3n) is 4.43. The molecule has 0 radical (unpaired) electrons. The summed E-state index contributed by atoms with van der Waals surface area (Å²) in [6, 6.07) is 12.2. The van der Waals surface area contributed by atoms with Gasteiger partial charge in [-0.25, -0.2) is 16.8 Å². The average Bonchev–Trinajstić information content (AvgIpc) is 3.24. The Kier molecular flexibility index (Phi) is 4.60. The highest BCUT2D eigenvalue weighted by Gasteiger charge is 2.27. The molecule has 0 saturated heterocycles. The zero-order valence-corrected chi connectivity index (χ0v) is 16.2. The molecule has 4 rings (SSSR count). The summed E-state index contributed by atoms with van der Waals surface area (Å²) >= 11 is 0. The van der Waals surface area contributed by atoms with Crippen molar-refractivity contribution in [1.82, 2.24) is 9.29 Å². The van der Waals surface area contributed by atoms with Gasteiger partial charge in [-0.15, -0.1) is 0 Å². The SMILES string of the molecule is CNCc1cc(-c2ccccc2F)n(S(=O)(=O)c2ccc3c(c2)OC(C)O3)c1. The number of halogens is 1. The van der Waals surface area contributed by atoms with Crippen molar-refractivity contribution in [3.63, 3.8) is 0 Å². The summed E-state index contributed by atoms with van der Waals surface area (Å²) < 4.78 is 53.2. The normalized spacial score (nSPS) is 15.8. The topological polar surface area (TPSA) is 69.6 Å². The molecule has 1 aliphatic heterocycles. The van der Waals surface area contributed by atoms with E-state index in [2.05, 4.69) is 5.32 Å². The average molecular weight is 402 g/mol. The molecule has 6 nitrogen and oxygen atoms in total. The number of hydrogen-bond donors (Lipinski definition) is 1. The Balaban J connectivity index is 1.86. The first kappa shape index (κ1) is 18.5. The molecule has 1 atom stereocenters. The molecule has 0 bridgehead atoms. The molecule has 1 unspecified atom stereocenters. The van der Waals surface area contributed by atoms with Crippen LogP contribution in [0.5, 0.6) is 11.5 Å². The van der Waals surface area contributed by atoms with Crippen LogP contribution in [-0.4, -0.2) is 25.7 Å². The maximum Gasteiger partial charge on any atom is 0.268 e. The Labute approximate surface area is 162 Å². The number of ether oxygens (including phenoxy) is 2. The molecule has 0 aliphatic carbocycles. The minimum atomic E-state index is -3.98. The number of benzene rings is 2. The maximum atomic E-state index is 14.4. The molecule has 0 spiro atoms. The van der Waals surface area contributed by atoms with Crippen LogP contribution < -0.4 is 14.8 Å². The second-order valence-corrected chi connectivity index (χ2v) is 8.27. The van der Waals surface area contributed by atoms with E-state index >= 15 is 0 Å². The number of rotatable bonds is 5. The highest BCUT2D eigenvalue weighted by atomic mass is 32.2. The first-order valence-electron chi connectivity index (χ1n) is 8.74. The maximum absolute atomic E-state index is 14.4. The van der Waals surface area contributed by atoms with E-state index in [1.54, 1.807) is 44.3 Å².